The molecule has 2 heterocycles. The normalized spacial score (nSPS) is 14.6. The molecule has 1 fully saturated rings. The second-order valence-corrected chi connectivity index (χ2v) is 11.7. The number of amides is 1. The number of benzene rings is 4. The topological polar surface area (TPSA) is 127 Å². The maximum Gasteiger partial charge on any atom is 0.411 e. The van der Waals surface area contributed by atoms with Crippen LogP contribution in [0.4, 0.5) is 14.9 Å². The Labute approximate surface area is 271 Å². The Morgan fingerprint density at radius 3 is 2.49 bits per heavy atom. The number of piperidine rings is 1. The van der Waals surface area contributed by atoms with Gasteiger partial charge in [0.15, 0.2) is 0 Å². The van der Waals surface area contributed by atoms with Crippen molar-refractivity contribution >= 4 is 22.7 Å². The minimum absolute atomic E-state index is 0.0802. The summed E-state index contributed by atoms with van der Waals surface area (Å²) in [6.07, 6.45) is -0.369. The zero-order chi connectivity index (χ0) is 32.8. The maximum absolute atomic E-state index is 15.5. The molecule has 1 saturated heterocycles. The van der Waals surface area contributed by atoms with Crippen LogP contribution in [0.5, 0.6) is 5.75 Å². The van der Waals surface area contributed by atoms with Crippen LogP contribution in [-0.2, 0) is 17.8 Å². The number of nitrogens with zero attached hydrogens (tertiary/aromatic N) is 1. The number of H-pyrrole nitrogens is 1. The van der Waals surface area contributed by atoms with Gasteiger partial charge in [-0.1, -0.05) is 72.8 Å². The quantitative estimate of drug-likeness (QED) is 0.126. The highest BCUT2D eigenvalue weighted by molar-refractivity contribution is 5.91. The number of para-hydroxylation sites is 1. The number of carbonyl (C=O) groups excluding carboxylic acids is 1. The molecule has 10 heteroatoms. The lowest BCUT2D eigenvalue weighted by Crippen LogP contribution is -2.38. The minimum Gasteiger partial charge on any atom is -0.506 e. The highest BCUT2D eigenvalue weighted by Gasteiger charge is 2.24. The molecule has 9 nitrogen and oxygen atoms in total. The van der Waals surface area contributed by atoms with Gasteiger partial charge in [-0.2, -0.15) is 0 Å². The highest BCUT2D eigenvalue weighted by Crippen LogP contribution is 2.30. The lowest BCUT2D eigenvalue weighted by atomic mass is 10.0. The number of aromatic amines is 1. The number of aromatic hydroxyl groups is 1. The molecular formula is C37H37FN4O5. The van der Waals surface area contributed by atoms with Crippen molar-refractivity contribution in [1.82, 2.24) is 15.2 Å². The molecule has 5 aromatic rings. The molecule has 47 heavy (non-hydrogen) atoms. The van der Waals surface area contributed by atoms with Gasteiger partial charge in [-0.15, -0.1) is 0 Å². The van der Waals surface area contributed by atoms with Gasteiger partial charge in [0.1, 0.15) is 17.7 Å². The van der Waals surface area contributed by atoms with E-state index in [0.29, 0.717) is 60.2 Å². The van der Waals surface area contributed by atoms with Crippen molar-refractivity contribution in [3.63, 3.8) is 0 Å². The van der Waals surface area contributed by atoms with Crippen molar-refractivity contribution in [3.8, 4) is 16.9 Å². The average molecular weight is 637 g/mol. The fraction of sp³-hybridized carbons (Fsp3) is 0.243. The zero-order valence-electron chi connectivity index (χ0n) is 25.8. The van der Waals surface area contributed by atoms with Gasteiger partial charge >= 0.3 is 6.09 Å². The fourth-order valence-corrected chi connectivity index (χ4v) is 6.07. The number of likely N-dealkylation sites (tertiary alicyclic amines) is 1. The monoisotopic (exact) mass is 636 g/mol. The zero-order valence-corrected chi connectivity index (χ0v) is 25.8. The van der Waals surface area contributed by atoms with E-state index in [1.807, 2.05) is 60.7 Å². The number of aromatic nitrogens is 1. The van der Waals surface area contributed by atoms with Gasteiger partial charge in [-0.25, -0.2) is 9.18 Å². The van der Waals surface area contributed by atoms with Crippen LogP contribution in [0.1, 0.15) is 35.6 Å². The number of halogens is 1. The molecule has 0 radical (unpaired) electrons. The highest BCUT2D eigenvalue weighted by atomic mass is 19.1. The summed E-state index contributed by atoms with van der Waals surface area (Å²) in [6.45, 7) is 2.12. The Kier molecular flexibility index (Phi) is 9.92. The van der Waals surface area contributed by atoms with E-state index >= 15 is 4.39 Å². The van der Waals surface area contributed by atoms with E-state index in [1.165, 1.54) is 12.1 Å². The van der Waals surface area contributed by atoms with Crippen LogP contribution in [-0.4, -0.2) is 51.9 Å². The first-order chi connectivity index (χ1) is 22.9. The van der Waals surface area contributed by atoms with Crippen LogP contribution >= 0.6 is 0 Å². The molecule has 5 N–H and O–H groups in total. The number of nitrogens with one attached hydrogen (secondary N) is 3. The molecule has 1 atom stereocenters. The number of pyridine rings is 1. The first kappa shape index (κ1) is 31.9. The summed E-state index contributed by atoms with van der Waals surface area (Å²) in [5, 5.41) is 27.5. The predicted molar refractivity (Wildman–Crippen MR) is 180 cm³/mol. The molecule has 1 amide bonds. The van der Waals surface area contributed by atoms with E-state index in [1.54, 1.807) is 24.3 Å². The van der Waals surface area contributed by atoms with Gasteiger partial charge in [0.05, 0.1) is 17.3 Å². The van der Waals surface area contributed by atoms with Gasteiger partial charge in [0, 0.05) is 60.9 Å². The number of carbonyl (C=O) groups is 1. The molecule has 1 aliphatic rings. The minimum atomic E-state index is -0.945. The summed E-state index contributed by atoms with van der Waals surface area (Å²) >= 11 is 0. The molecular weight excluding hydrogens is 599 g/mol. The third-order valence-electron chi connectivity index (χ3n) is 8.53. The molecule has 0 saturated carbocycles. The number of anilines is 1. The fourth-order valence-electron chi connectivity index (χ4n) is 6.07. The van der Waals surface area contributed by atoms with Crippen molar-refractivity contribution in [2.75, 3.05) is 25.0 Å². The van der Waals surface area contributed by atoms with Gasteiger partial charge in [-0.3, -0.25) is 15.0 Å². The van der Waals surface area contributed by atoms with Crippen molar-refractivity contribution < 1.29 is 24.1 Å². The second kappa shape index (κ2) is 14.6. The molecule has 4 aromatic carbocycles. The third kappa shape index (κ3) is 7.69. The van der Waals surface area contributed by atoms with Crippen molar-refractivity contribution in [1.29, 1.82) is 0 Å². The molecule has 0 spiro atoms. The number of aliphatic hydroxyl groups is 1. The average Bonchev–Trinajstić information content (AvgIpc) is 3.08. The molecule has 0 aliphatic carbocycles. The molecule has 1 aromatic heterocycles. The lowest BCUT2D eigenvalue weighted by molar-refractivity contribution is 0.0564. The molecule has 1 aliphatic heterocycles. The Morgan fingerprint density at radius 2 is 1.68 bits per heavy atom. The molecule has 6 rings (SSSR count). The summed E-state index contributed by atoms with van der Waals surface area (Å²) in [5.74, 6) is -0.375. The van der Waals surface area contributed by atoms with Crippen LogP contribution in [0.15, 0.2) is 102 Å². The Bertz CT molecular complexity index is 1910. The largest absolute Gasteiger partial charge is 0.506 e. The summed E-state index contributed by atoms with van der Waals surface area (Å²) in [5.41, 5.74) is 4.12. The summed E-state index contributed by atoms with van der Waals surface area (Å²) < 4.78 is 21.3. The smallest absolute Gasteiger partial charge is 0.411 e. The number of aliphatic hydroxyl groups excluding tert-OH is 1. The predicted octanol–water partition coefficient (Wildman–Crippen LogP) is 6.08. The number of hydrogen-bond acceptors (Lipinski definition) is 7. The second-order valence-electron chi connectivity index (χ2n) is 11.7. The van der Waals surface area contributed by atoms with Crippen LogP contribution in [0.25, 0.3) is 22.0 Å². The third-order valence-corrected chi connectivity index (χ3v) is 8.53. The number of fused-ring (bicyclic) bond motifs is 1. The molecule has 0 bridgehead atoms. The van der Waals surface area contributed by atoms with Crippen molar-refractivity contribution in [3.05, 3.63) is 130 Å². The Hall–Kier alpha value is -5.03. The van der Waals surface area contributed by atoms with Gasteiger partial charge < -0.3 is 25.3 Å². The molecule has 242 valence electrons. The van der Waals surface area contributed by atoms with Crippen LogP contribution in [0.2, 0.25) is 0 Å². The Balaban J connectivity index is 0.988. The Morgan fingerprint density at radius 1 is 0.936 bits per heavy atom. The lowest BCUT2D eigenvalue weighted by Gasteiger charge is -2.31. The van der Waals surface area contributed by atoms with E-state index in [2.05, 4.69) is 20.5 Å². The number of hydrogen-bond donors (Lipinski definition) is 5. The van der Waals surface area contributed by atoms with E-state index in [9.17, 15) is 19.8 Å². The molecule has 0 unspecified atom stereocenters. The SMILES string of the molecule is O=C(Nc1ccccc1-c1ccccc1)OC1CCN(Cc2cccc(CNC[C@@H](O)c3ccc(O)c4[nH]c(=O)ccc34)c2F)CC1. The van der Waals surface area contributed by atoms with Crippen molar-refractivity contribution in [2.45, 2.75) is 38.1 Å². The van der Waals surface area contributed by atoms with Gasteiger partial charge in [-0.05, 0) is 42.2 Å². The summed E-state index contributed by atoms with van der Waals surface area (Å²) in [4.78, 5) is 29.2. The van der Waals surface area contributed by atoms with E-state index < -0.39 is 12.2 Å². The number of phenols is 1. The number of ether oxygens (including phenoxy) is 1. The number of rotatable bonds is 10. The van der Waals surface area contributed by atoms with E-state index in [-0.39, 0.29) is 41.8 Å². The first-order valence-electron chi connectivity index (χ1n) is 15.7. The van der Waals surface area contributed by atoms with Gasteiger partial charge in [0.2, 0.25) is 5.56 Å². The van der Waals surface area contributed by atoms with Crippen LogP contribution in [0.3, 0.4) is 0 Å². The number of phenolic OH excluding ortho intramolecular Hbond substituents is 1. The summed E-state index contributed by atoms with van der Waals surface area (Å²) in [7, 11) is 0. The van der Waals surface area contributed by atoms with E-state index in [4.69, 9.17) is 4.74 Å². The van der Waals surface area contributed by atoms with Crippen molar-refractivity contribution in [2.24, 2.45) is 0 Å². The summed E-state index contributed by atoms with van der Waals surface area (Å²) in [6, 6.07) is 28.7. The van der Waals surface area contributed by atoms with Gasteiger partial charge in [0.25, 0.3) is 0 Å². The first-order valence-corrected chi connectivity index (χ1v) is 15.7. The maximum atomic E-state index is 15.5. The van der Waals surface area contributed by atoms with Crippen LogP contribution in [0, 0.1) is 5.82 Å². The van der Waals surface area contributed by atoms with Crippen LogP contribution < -0.4 is 16.2 Å². The van der Waals surface area contributed by atoms with E-state index in [0.717, 1.165) is 11.1 Å². The standard InChI is InChI=1S/C37H37FN4O5/c38-35-25(21-39-22-33(44)29-13-15-32(43)36-30(29)14-16-34(45)41-36)9-6-10-26(35)23-42-19-17-27(18-20-42)47-37(46)40-31-12-5-4-11-28(31)24-7-2-1-3-8-24/h1-16,27,33,39,43-44H,17-23H2,(H,40,46)(H,41,45)/t33-/m1/s1.